The molecule has 24 heteroatoms. The number of rotatable bonds is 29. The molecule has 24 nitrogen and oxygen atoms in total. The molecule has 7 amide bonds. The second-order valence-electron chi connectivity index (χ2n) is 16.4. The first-order chi connectivity index (χ1) is 33.4. The van der Waals surface area contributed by atoms with E-state index in [4.69, 9.17) is 11.5 Å². The summed E-state index contributed by atoms with van der Waals surface area (Å²) in [4.78, 5) is 133. The fourth-order valence-corrected chi connectivity index (χ4v) is 7.34. The summed E-state index contributed by atoms with van der Waals surface area (Å²) in [7, 11) is 0. The molecule has 2 aromatic heterocycles. The highest BCUT2D eigenvalue weighted by Gasteiger charge is 2.35. The van der Waals surface area contributed by atoms with Crippen LogP contribution in [-0.4, -0.2) is 134 Å². The van der Waals surface area contributed by atoms with Crippen LogP contribution >= 0.6 is 0 Å². The smallest absolute Gasteiger partial charge is 0.322 e. The fraction of sp³-hybridized carbons (Fsp3) is 0.413. The first-order valence-corrected chi connectivity index (χ1v) is 22.6. The lowest BCUT2D eigenvalue weighted by molar-refractivity contribution is -0.141. The third kappa shape index (κ3) is 18.1. The molecule has 6 atom stereocenters. The van der Waals surface area contributed by atoms with Crippen LogP contribution in [0.2, 0.25) is 0 Å². The predicted molar refractivity (Wildman–Crippen MR) is 254 cm³/mol. The highest BCUT2D eigenvalue weighted by molar-refractivity contribution is 5.98. The molecular formula is C46H61N13O11. The van der Waals surface area contributed by atoms with Crippen LogP contribution in [0, 0.1) is 0 Å². The lowest BCUT2D eigenvalue weighted by Gasteiger charge is -2.27. The molecule has 376 valence electrons. The Morgan fingerprint density at radius 1 is 0.643 bits per heavy atom. The molecule has 0 radical (unpaired) electrons. The predicted octanol–water partition coefficient (Wildman–Crippen LogP) is -1.23. The highest BCUT2D eigenvalue weighted by atomic mass is 16.4. The number of carboxylic acid groups (broad SMARTS) is 2. The number of aliphatic carboxylic acids is 2. The molecule has 0 aliphatic heterocycles. The molecule has 0 saturated carbocycles. The number of H-pyrrole nitrogens is 2. The van der Waals surface area contributed by atoms with Crippen molar-refractivity contribution in [3.8, 4) is 0 Å². The van der Waals surface area contributed by atoms with E-state index < -0.39 is 103 Å². The van der Waals surface area contributed by atoms with Crippen LogP contribution in [0.1, 0.15) is 69.2 Å². The standard InChI is InChI=1S/C46H61N13O11/c1-3-4-14-32(54-26(2)60)41(66)59-37(21-38(61)62)45(70)58-36(20-29-23-49-25-53-29)44(69)56-34(18-27-11-6-5-7-12-27)43(68)55-33(16-10-17-50-46(47)48)42(67)57-35(40(65)52-24-39(63)64)19-28-22-51-31-15-9-8-13-30(28)31/h5-9,11-13,15,22-23,25,32-37,51H,3-4,10,14,16-21,24H2,1-2H3,(H,49,53)(H,52,65)(H,54,60)(H,55,68)(H,56,69)(H,57,67)(H,58,70)(H,59,66)(H,61,62)(H,63,64)(H4,47,48,50)/t32-,33-,34+,35-,36-,37-/m0/s1. The Kier molecular flexibility index (Phi) is 21.3. The van der Waals surface area contributed by atoms with Crippen molar-refractivity contribution >= 4 is 70.2 Å². The number of carbonyl (C=O) groups excluding carboxylic acids is 7. The van der Waals surface area contributed by atoms with Gasteiger partial charge in [-0.3, -0.25) is 48.1 Å². The number of aromatic nitrogens is 3. The van der Waals surface area contributed by atoms with Gasteiger partial charge >= 0.3 is 11.9 Å². The van der Waals surface area contributed by atoms with Crippen molar-refractivity contribution in [2.24, 2.45) is 16.5 Å². The van der Waals surface area contributed by atoms with Gasteiger partial charge in [-0.15, -0.1) is 0 Å². The van der Waals surface area contributed by atoms with Gasteiger partial charge in [0.25, 0.3) is 0 Å². The van der Waals surface area contributed by atoms with Crippen molar-refractivity contribution in [3.63, 3.8) is 0 Å². The third-order valence-corrected chi connectivity index (χ3v) is 10.8. The number of unbranched alkanes of at least 4 members (excludes halogenated alkanes) is 1. The number of aromatic amines is 2. The molecule has 70 heavy (non-hydrogen) atoms. The SMILES string of the molecule is CCCC[C@H](NC(C)=O)C(=O)N[C@@H](CC(=O)O)C(=O)N[C@@H](Cc1cnc[nH]1)C(=O)N[C@H](Cc1ccccc1)C(=O)N[C@@H](CCCN=C(N)N)C(=O)N[C@@H](Cc1c[nH]c2ccccc12)C(=O)NCC(=O)O. The number of carboxylic acids is 2. The third-order valence-electron chi connectivity index (χ3n) is 10.8. The average Bonchev–Trinajstić information content (AvgIpc) is 3.99. The Bertz CT molecular complexity index is 2460. The van der Waals surface area contributed by atoms with Gasteiger partial charge in [-0.05, 0) is 36.5 Å². The minimum absolute atomic E-state index is 0.0367. The zero-order valence-corrected chi connectivity index (χ0v) is 38.8. The van der Waals surface area contributed by atoms with Crippen molar-refractivity contribution in [3.05, 3.63) is 90.1 Å². The van der Waals surface area contributed by atoms with E-state index in [0.29, 0.717) is 29.7 Å². The number of nitrogens with one attached hydrogen (secondary N) is 9. The number of aliphatic imine (C=N–C) groups is 1. The zero-order valence-electron chi connectivity index (χ0n) is 38.8. The summed E-state index contributed by atoms with van der Waals surface area (Å²) < 4.78 is 0. The highest BCUT2D eigenvalue weighted by Crippen LogP contribution is 2.20. The summed E-state index contributed by atoms with van der Waals surface area (Å²) in [5.74, 6) is -8.88. The Hall–Kier alpha value is -8.31. The topological polar surface area (TPSA) is 387 Å². The van der Waals surface area contributed by atoms with Crippen LogP contribution in [0.3, 0.4) is 0 Å². The average molecular weight is 972 g/mol. The summed E-state index contributed by atoms with van der Waals surface area (Å²) in [5.41, 5.74) is 13.3. The maximum absolute atomic E-state index is 14.5. The normalized spacial score (nSPS) is 13.5. The number of para-hydroxylation sites is 1. The molecule has 2 heterocycles. The van der Waals surface area contributed by atoms with Gasteiger partial charge in [0, 0.05) is 61.7 Å². The van der Waals surface area contributed by atoms with Gasteiger partial charge < -0.3 is 68.9 Å². The maximum Gasteiger partial charge on any atom is 0.322 e. The second-order valence-corrected chi connectivity index (χ2v) is 16.4. The van der Waals surface area contributed by atoms with E-state index in [-0.39, 0.29) is 51.0 Å². The molecule has 0 spiro atoms. The number of hydrogen-bond donors (Lipinski definition) is 13. The van der Waals surface area contributed by atoms with Gasteiger partial charge in [0.1, 0.15) is 42.8 Å². The van der Waals surface area contributed by atoms with Crippen LogP contribution in [0.15, 0.2) is 78.3 Å². The number of nitrogens with two attached hydrogens (primary N) is 2. The van der Waals surface area contributed by atoms with E-state index in [9.17, 15) is 53.4 Å². The molecule has 0 aliphatic carbocycles. The first-order valence-electron chi connectivity index (χ1n) is 22.6. The van der Waals surface area contributed by atoms with E-state index in [2.05, 4.69) is 57.2 Å². The molecule has 4 rings (SSSR count). The Balaban J connectivity index is 1.65. The van der Waals surface area contributed by atoms with Crippen molar-refractivity contribution in [1.29, 1.82) is 0 Å². The molecule has 0 unspecified atom stereocenters. The molecule has 0 fully saturated rings. The molecule has 0 bridgehead atoms. The van der Waals surface area contributed by atoms with Crippen molar-refractivity contribution in [2.75, 3.05) is 13.1 Å². The number of guanidine groups is 1. The summed E-state index contributed by atoms with van der Waals surface area (Å²) >= 11 is 0. The van der Waals surface area contributed by atoms with Gasteiger partial charge in [-0.25, -0.2) is 4.98 Å². The molecule has 0 aliphatic rings. The maximum atomic E-state index is 14.5. The Morgan fingerprint density at radius 3 is 1.80 bits per heavy atom. The van der Waals surface area contributed by atoms with Gasteiger partial charge in [-0.2, -0.15) is 0 Å². The molecule has 4 aromatic rings. The number of nitrogens with zero attached hydrogens (tertiary/aromatic N) is 2. The van der Waals surface area contributed by atoms with Gasteiger partial charge in [-0.1, -0.05) is 68.3 Å². The number of fused-ring (bicyclic) bond motifs is 1. The molecule has 15 N–H and O–H groups in total. The van der Waals surface area contributed by atoms with Crippen molar-refractivity contribution < 1.29 is 53.4 Å². The molecule has 0 saturated heterocycles. The van der Waals surface area contributed by atoms with Gasteiger partial charge in [0.2, 0.25) is 41.4 Å². The van der Waals surface area contributed by atoms with Crippen molar-refractivity contribution in [1.82, 2.24) is 52.2 Å². The number of hydrogen-bond acceptors (Lipinski definition) is 11. The zero-order chi connectivity index (χ0) is 51.2. The van der Waals surface area contributed by atoms with Gasteiger partial charge in [0.15, 0.2) is 5.96 Å². The van der Waals surface area contributed by atoms with E-state index >= 15 is 0 Å². The Morgan fingerprint density at radius 2 is 1.20 bits per heavy atom. The van der Waals surface area contributed by atoms with Gasteiger partial charge in [0.05, 0.1) is 12.7 Å². The number of carbonyl (C=O) groups is 9. The minimum atomic E-state index is -1.72. The van der Waals surface area contributed by atoms with Crippen LogP contribution in [0.5, 0.6) is 0 Å². The monoisotopic (exact) mass is 971 g/mol. The van der Waals surface area contributed by atoms with Crippen LogP contribution in [0.4, 0.5) is 0 Å². The lowest BCUT2D eigenvalue weighted by Crippen LogP contribution is -2.60. The summed E-state index contributed by atoms with van der Waals surface area (Å²) in [5, 5.41) is 37.5. The number of amides is 7. The second kappa shape index (κ2) is 27.5. The summed E-state index contributed by atoms with van der Waals surface area (Å²) in [6.45, 7) is 2.37. The quantitative estimate of drug-likeness (QED) is 0.0172. The van der Waals surface area contributed by atoms with Crippen LogP contribution < -0.4 is 48.7 Å². The molecule has 2 aromatic carbocycles. The van der Waals surface area contributed by atoms with E-state index in [1.165, 1.54) is 19.4 Å². The lowest BCUT2D eigenvalue weighted by atomic mass is 10.0. The van der Waals surface area contributed by atoms with Crippen LogP contribution in [0.25, 0.3) is 10.9 Å². The van der Waals surface area contributed by atoms with E-state index in [0.717, 1.165) is 10.9 Å². The minimum Gasteiger partial charge on any atom is -0.481 e. The number of benzene rings is 2. The van der Waals surface area contributed by atoms with E-state index in [1.807, 2.05) is 19.1 Å². The van der Waals surface area contributed by atoms with E-state index in [1.54, 1.807) is 48.7 Å². The fourth-order valence-electron chi connectivity index (χ4n) is 7.34. The summed E-state index contributed by atoms with van der Waals surface area (Å²) in [6.07, 6.45) is 4.42. The Labute approximate surface area is 402 Å². The molecular weight excluding hydrogens is 911 g/mol. The van der Waals surface area contributed by atoms with Crippen LogP contribution in [-0.2, 0) is 62.4 Å². The largest absolute Gasteiger partial charge is 0.481 e. The first kappa shape index (κ1) is 54.3. The summed E-state index contributed by atoms with van der Waals surface area (Å²) in [6, 6.07) is 7.23. The van der Waals surface area contributed by atoms with Crippen molar-refractivity contribution in [2.45, 2.75) is 108 Å². The number of imidazole rings is 1.